The summed E-state index contributed by atoms with van der Waals surface area (Å²) in [6.07, 6.45) is 1.49. The fraction of sp³-hybridized carbons (Fsp3) is 0.818. The number of hydrogen-bond donors (Lipinski definition) is 2. The third-order valence-corrected chi connectivity index (χ3v) is 2.52. The van der Waals surface area contributed by atoms with Crippen LogP contribution in [-0.2, 0) is 9.59 Å². The minimum atomic E-state index is -0.521. The summed E-state index contributed by atoms with van der Waals surface area (Å²) in [5.74, 6) is -0.355. The largest absolute Gasteiger partial charge is 0.344 e. The summed E-state index contributed by atoms with van der Waals surface area (Å²) in [5.41, 5.74) is 5.65. The van der Waals surface area contributed by atoms with Gasteiger partial charge in [0.2, 0.25) is 11.8 Å². The Morgan fingerprint density at radius 2 is 1.94 bits per heavy atom. The van der Waals surface area contributed by atoms with Crippen molar-refractivity contribution in [2.24, 2.45) is 5.73 Å². The molecule has 0 aromatic carbocycles. The van der Waals surface area contributed by atoms with Crippen LogP contribution >= 0.6 is 0 Å². The molecule has 0 heterocycles. The molecule has 5 nitrogen and oxygen atoms in total. The molecule has 16 heavy (non-hydrogen) atoms. The molecule has 3 N–H and O–H groups in total. The van der Waals surface area contributed by atoms with Crippen molar-refractivity contribution in [3.05, 3.63) is 0 Å². The van der Waals surface area contributed by atoms with E-state index in [2.05, 4.69) is 5.32 Å². The summed E-state index contributed by atoms with van der Waals surface area (Å²) >= 11 is 0. The molecule has 94 valence electrons. The minimum Gasteiger partial charge on any atom is -0.344 e. The maximum Gasteiger partial charge on any atom is 0.244 e. The number of carbonyl (C=O) groups is 2. The van der Waals surface area contributed by atoms with E-state index in [1.807, 2.05) is 13.8 Å². The van der Waals surface area contributed by atoms with Gasteiger partial charge in [-0.15, -0.1) is 0 Å². The van der Waals surface area contributed by atoms with E-state index >= 15 is 0 Å². The molecule has 0 spiro atoms. The predicted molar refractivity (Wildman–Crippen MR) is 63.8 cm³/mol. The lowest BCUT2D eigenvalue weighted by atomic mass is 10.1. The summed E-state index contributed by atoms with van der Waals surface area (Å²) in [6, 6.07) is -1.03. The maximum absolute atomic E-state index is 11.7. The second-order valence-electron chi connectivity index (χ2n) is 3.98. The van der Waals surface area contributed by atoms with Gasteiger partial charge < -0.3 is 16.0 Å². The summed E-state index contributed by atoms with van der Waals surface area (Å²) in [6.45, 7) is 6.15. The van der Waals surface area contributed by atoms with Crippen molar-refractivity contribution < 1.29 is 9.59 Å². The Hall–Kier alpha value is -1.10. The Bertz CT molecular complexity index is 243. The van der Waals surface area contributed by atoms with Crippen molar-refractivity contribution in [2.75, 3.05) is 13.6 Å². The average molecular weight is 229 g/mol. The summed E-state index contributed by atoms with van der Waals surface area (Å²) in [7, 11) is 1.71. The lowest BCUT2D eigenvalue weighted by Gasteiger charge is -2.21. The average Bonchev–Trinajstić information content (AvgIpc) is 2.26. The van der Waals surface area contributed by atoms with Crippen LogP contribution in [0.4, 0.5) is 0 Å². The molecule has 0 bridgehead atoms. The molecule has 0 aromatic rings. The van der Waals surface area contributed by atoms with Crippen molar-refractivity contribution in [1.82, 2.24) is 10.2 Å². The summed E-state index contributed by atoms with van der Waals surface area (Å²) in [5, 5.41) is 2.62. The van der Waals surface area contributed by atoms with E-state index < -0.39 is 12.1 Å². The number of likely N-dealkylation sites (N-methyl/N-ethyl adjacent to an activating group) is 1. The number of nitrogens with zero attached hydrogens (tertiary/aromatic N) is 1. The third-order valence-electron chi connectivity index (χ3n) is 2.52. The first-order chi connectivity index (χ1) is 7.43. The van der Waals surface area contributed by atoms with Crippen molar-refractivity contribution in [3.63, 3.8) is 0 Å². The molecule has 0 aromatic heterocycles. The molecule has 2 amide bonds. The Morgan fingerprint density at radius 1 is 1.38 bits per heavy atom. The van der Waals surface area contributed by atoms with Gasteiger partial charge in [0, 0.05) is 13.6 Å². The SMILES string of the molecule is CCC[C@H](N)C(=O)NC(C)C(=O)N(C)CC. The zero-order chi connectivity index (χ0) is 12.7. The predicted octanol–water partition coefficient (Wildman–Crippen LogP) is 0.0968. The fourth-order valence-electron chi connectivity index (χ4n) is 1.31. The van der Waals surface area contributed by atoms with Gasteiger partial charge in [-0.05, 0) is 20.3 Å². The molecule has 1 unspecified atom stereocenters. The van der Waals surface area contributed by atoms with Crippen LogP contribution in [0.15, 0.2) is 0 Å². The maximum atomic E-state index is 11.7. The number of nitrogens with two attached hydrogens (primary N) is 1. The van der Waals surface area contributed by atoms with E-state index in [0.717, 1.165) is 6.42 Å². The minimum absolute atomic E-state index is 0.0976. The smallest absolute Gasteiger partial charge is 0.244 e. The second kappa shape index (κ2) is 7.22. The van der Waals surface area contributed by atoms with Crippen molar-refractivity contribution in [3.8, 4) is 0 Å². The molecule has 5 heteroatoms. The third kappa shape index (κ3) is 4.61. The van der Waals surface area contributed by atoms with Gasteiger partial charge in [0.25, 0.3) is 0 Å². The van der Waals surface area contributed by atoms with E-state index in [1.165, 1.54) is 0 Å². The quantitative estimate of drug-likeness (QED) is 0.678. The van der Waals surface area contributed by atoms with Gasteiger partial charge in [0.15, 0.2) is 0 Å². The van der Waals surface area contributed by atoms with Crippen LogP contribution in [0.5, 0.6) is 0 Å². The number of hydrogen-bond acceptors (Lipinski definition) is 3. The summed E-state index contributed by atoms with van der Waals surface area (Å²) in [4.78, 5) is 24.8. The Balaban J connectivity index is 4.18. The number of nitrogens with one attached hydrogen (secondary N) is 1. The first-order valence-corrected chi connectivity index (χ1v) is 5.74. The van der Waals surface area contributed by atoms with Gasteiger partial charge in [-0.1, -0.05) is 13.3 Å². The van der Waals surface area contributed by atoms with Crippen LogP contribution in [0.2, 0.25) is 0 Å². The van der Waals surface area contributed by atoms with Crippen LogP contribution in [0, 0.1) is 0 Å². The van der Waals surface area contributed by atoms with Gasteiger partial charge in [-0.25, -0.2) is 0 Å². The number of rotatable bonds is 6. The van der Waals surface area contributed by atoms with Gasteiger partial charge in [0.05, 0.1) is 6.04 Å². The highest BCUT2D eigenvalue weighted by Gasteiger charge is 2.21. The first kappa shape index (κ1) is 14.9. The van der Waals surface area contributed by atoms with Gasteiger partial charge in [0.1, 0.15) is 6.04 Å². The van der Waals surface area contributed by atoms with Crippen molar-refractivity contribution >= 4 is 11.8 Å². The first-order valence-electron chi connectivity index (χ1n) is 5.74. The molecule has 0 saturated carbocycles. The van der Waals surface area contributed by atoms with Gasteiger partial charge in [-0.3, -0.25) is 9.59 Å². The molecule has 0 aliphatic rings. The van der Waals surface area contributed by atoms with E-state index in [9.17, 15) is 9.59 Å². The standard InChI is InChI=1S/C11H23N3O2/c1-5-7-9(12)10(15)13-8(3)11(16)14(4)6-2/h8-9H,5-7,12H2,1-4H3,(H,13,15)/t8?,9-/m0/s1. The van der Waals surface area contributed by atoms with Crippen LogP contribution < -0.4 is 11.1 Å². The monoisotopic (exact) mass is 229 g/mol. The highest BCUT2D eigenvalue weighted by molar-refractivity contribution is 5.89. The Labute approximate surface area is 97.4 Å². The molecule has 0 saturated heterocycles. The lowest BCUT2D eigenvalue weighted by Crippen LogP contribution is -2.50. The summed E-state index contributed by atoms with van der Waals surface area (Å²) < 4.78 is 0. The highest BCUT2D eigenvalue weighted by Crippen LogP contribution is 1.96. The van der Waals surface area contributed by atoms with E-state index in [1.54, 1.807) is 18.9 Å². The zero-order valence-electron chi connectivity index (χ0n) is 10.6. The number of amides is 2. The fourth-order valence-corrected chi connectivity index (χ4v) is 1.31. The zero-order valence-corrected chi connectivity index (χ0v) is 10.6. The van der Waals surface area contributed by atoms with Crippen LogP contribution in [0.25, 0.3) is 0 Å². The van der Waals surface area contributed by atoms with Crippen LogP contribution in [0.3, 0.4) is 0 Å². The molecule has 0 fully saturated rings. The molecule has 0 rings (SSSR count). The van der Waals surface area contributed by atoms with Crippen LogP contribution in [0.1, 0.15) is 33.6 Å². The Morgan fingerprint density at radius 3 is 2.38 bits per heavy atom. The normalized spacial score (nSPS) is 14.1. The molecule has 0 aliphatic heterocycles. The molecular formula is C11H23N3O2. The topological polar surface area (TPSA) is 75.4 Å². The Kier molecular flexibility index (Phi) is 6.72. The van der Waals surface area contributed by atoms with Crippen molar-refractivity contribution in [2.45, 2.75) is 45.7 Å². The van der Waals surface area contributed by atoms with Gasteiger partial charge in [-0.2, -0.15) is 0 Å². The van der Waals surface area contributed by atoms with E-state index in [4.69, 9.17) is 5.73 Å². The second-order valence-corrected chi connectivity index (χ2v) is 3.98. The van der Waals surface area contributed by atoms with Gasteiger partial charge >= 0.3 is 0 Å². The van der Waals surface area contributed by atoms with Crippen LogP contribution in [-0.4, -0.2) is 42.4 Å². The lowest BCUT2D eigenvalue weighted by molar-refractivity contribution is -0.135. The molecular weight excluding hydrogens is 206 g/mol. The highest BCUT2D eigenvalue weighted by atomic mass is 16.2. The van der Waals surface area contributed by atoms with E-state index in [0.29, 0.717) is 13.0 Å². The van der Waals surface area contributed by atoms with Crippen molar-refractivity contribution in [1.29, 1.82) is 0 Å². The van der Waals surface area contributed by atoms with E-state index in [-0.39, 0.29) is 11.8 Å². The molecule has 2 atom stereocenters. The molecule has 0 radical (unpaired) electrons. The molecule has 0 aliphatic carbocycles. The number of carbonyl (C=O) groups excluding carboxylic acids is 2.